The fourth-order valence-electron chi connectivity index (χ4n) is 3.19. The van der Waals surface area contributed by atoms with E-state index in [0.717, 1.165) is 42.3 Å². The van der Waals surface area contributed by atoms with Crippen LogP contribution in [0.3, 0.4) is 0 Å². The van der Waals surface area contributed by atoms with Gasteiger partial charge in [0.05, 0.1) is 11.9 Å². The summed E-state index contributed by atoms with van der Waals surface area (Å²) in [4.78, 5) is 22.4. The molecule has 0 unspecified atom stereocenters. The minimum Gasteiger partial charge on any atom is -0.317 e. The average Bonchev–Trinajstić information content (AvgIpc) is 3.35. The van der Waals surface area contributed by atoms with Gasteiger partial charge in [-0.3, -0.25) is 14.8 Å². The van der Waals surface area contributed by atoms with E-state index in [2.05, 4.69) is 30.8 Å². The number of carbonyl (C=O) groups excluding carboxylic acids is 1. The summed E-state index contributed by atoms with van der Waals surface area (Å²) in [6.07, 6.45) is 5.65. The van der Waals surface area contributed by atoms with Crippen LogP contribution in [0.25, 0.3) is 10.6 Å². The van der Waals surface area contributed by atoms with E-state index in [-0.39, 0.29) is 18.3 Å². The van der Waals surface area contributed by atoms with Gasteiger partial charge in [0.2, 0.25) is 5.95 Å². The summed E-state index contributed by atoms with van der Waals surface area (Å²) in [5, 5.41) is 15.7. The molecule has 11 heteroatoms. The first kappa shape index (κ1) is 20.4. The molecule has 9 nitrogen and oxygen atoms in total. The van der Waals surface area contributed by atoms with E-state index in [9.17, 15) is 4.79 Å². The molecule has 0 atom stereocenters. The van der Waals surface area contributed by atoms with Crippen molar-refractivity contribution in [3.8, 4) is 10.6 Å². The molecule has 1 amide bonds. The summed E-state index contributed by atoms with van der Waals surface area (Å²) >= 11 is 1.35. The summed E-state index contributed by atoms with van der Waals surface area (Å²) in [6, 6.07) is 0. The van der Waals surface area contributed by atoms with Gasteiger partial charge in [-0.1, -0.05) is 0 Å². The van der Waals surface area contributed by atoms with Gasteiger partial charge in [-0.2, -0.15) is 15.2 Å². The Hall–Kier alpha value is -2.30. The second-order valence-corrected chi connectivity index (χ2v) is 7.73. The molecule has 0 radical (unpaired) electrons. The van der Waals surface area contributed by atoms with Gasteiger partial charge in [0.25, 0.3) is 5.91 Å². The molecular weight excluding hydrogens is 400 g/mol. The highest BCUT2D eigenvalue weighted by atomic mass is 35.5. The fourth-order valence-corrected chi connectivity index (χ4v) is 4.12. The fraction of sp³-hybridized carbons (Fsp3) is 0.471. The second kappa shape index (κ2) is 8.38. The number of amides is 1. The molecule has 1 fully saturated rings. The van der Waals surface area contributed by atoms with Crippen LogP contribution in [-0.2, 0) is 14.1 Å². The molecule has 0 aliphatic carbocycles. The molecule has 3 aromatic rings. The molecule has 0 bridgehead atoms. The molecule has 0 saturated carbocycles. The van der Waals surface area contributed by atoms with Crippen LogP contribution in [0.1, 0.15) is 39.9 Å². The number of hydrogen-bond acceptors (Lipinski definition) is 7. The summed E-state index contributed by atoms with van der Waals surface area (Å²) in [7, 11) is 3.65. The van der Waals surface area contributed by atoms with Gasteiger partial charge in [-0.25, -0.2) is 9.67 Å². The van der Waals surface area contributed by atoms with Crippen LogP contribution in [0.15, 0.2) is 12.4 Å². The maximum absolute atomic E-state index is 12.8. The minimum atomic E-state index is -0.215. The van der Waals surface area contributed by atoms with Crippen LogP contribution >= 0.6 is 23.7 Å². The van der Waals surface area contributed by atoms with Gasteiger partial charge < -0.3 is 5.32 Å². The van der Waals surface area contributed by atoms with Crippen LogP contribution in [-0.4, -0.2) is 48.5 Å². The third kappa shape index (κ3) is 4.08. The highest BCUT2D eigenvalue weighted by Crippen LogP contribution is 2.28. The molecule has 3 aromatic heterocycles. The zero-order chi connectivity index (χ0) is 19.0. The number of aromatic nitrogens is 6. The number of halogens is 1. The lowest BCUT2D eigenvalue weighted by Crippen LogP contribution is -2.27. The van der Waals surface area contributed by atoms with Gasteiger partial charge in [-0.15, -0.1) is 23.7 Å². The Balaban J connectivity index is 0.00000225. The lowest BCUT2D eigenvalue weighted by Gasteiger charge is -2.19. The summed E-state index contributed by atoms with van der Waals surface area (Å²) in [5.41, 5.74) is 1.59. The molecule has 1 aliphatic heterocycles. The maximum atomic E-state index is 12.8. The van der Waals surface area contributed by atoms with Gasteiger partial charge in [0, 0.05) is 31.8 Å². The number of anilines is 1. The Morgan fingerprint density at radius 1 is 1.29 bits per heavy atom. The second-order valence-electron chi connectivity index (χ2n) is 6.73. The first-order chi connectivity index (χ1) is 13.0. The van der Waals surface area contributed by atoms with Crippen molar-refractivity contribution in [3.63, 3.8) is 0 Å². The van der Waals surface area contributed by atoms with Crippen molar-refractivity contribution in [1.82, 2.24) is 34.8 Å². The van der Waals surface area contributed by atoms with E-state index in [0.29, 0.717) is 22.4 Å². The van der Waals surface area contributed by atoms with Crippen LogP contribution in [0.5, 0.6) is 0 Å². The van der Waals surface area contributed by atoms with Crippen molar-refractivity contribution in [2.24, 2.45) is 14.1 Å². The maximum Gasteiger partial charge on any atom is 0.270 e. The monoisotopic (exact) mass is 422 g/mol. The largest absolute Gasteiger partial charge is 0.317 e. The number of nitrogens with zero attached hydrogens (tertiary/aromatic N) is 6. The van der Waals surface area contributed by atoms with E-state index in [4.69, 9.17) is 0 Å². The Bertz CT molecular complexity index is 972. The van der Waals surface area contributed by atoms with E-state index in [1.807, 2.05) is 20.2 Å². The van der Waals surface area contributed by atoms with E-state index >= 15 is 0 Å². The number of piperidine rings is 1. The first-order valence-corrected chi connectivity index (χ1v) is 9.72. The molecule has 0 aromatic carbocycles. The normalized spacial score (nSPS) is 14.7. The number of rotatable bonds is 4. The Kier molecular flexibility index (Phi) is 6.11. The predicted molar refractivity (Wildman–Crippen MR) is 110 cm³/mol. The lowest BCUT2D eigenvalue weighted by atomic mass is 9.98. The summed E-state index contributed by atoms with van der Waals surface area (Å²) in [5.74, 6) is 1.38. The molecule has 150 valence electrons. The number of thiazole rings is 1. The number of hydrogen-bond donors (Lipinski definition) is 2. The third-order valence-corrected chi connectivity index (χ3v) is 5.87. The minimum absolute atomic E-state index is 0. The molecule has 4 rings (SSSR count). The summed E-state index contributed by atoms with van der Waals surface area (Å²) in [6.45, 7) is 3.78. The zero-order valence-corrected chi connectivity index (χ0v) is 17.6. The predicted octanol–water partition coefficient (Wildman–Crippen LogP) is 2.12. The van der Waals surface area contributed by atoms with Crippen molar-refractivity contribution in [2.45, 2.75) is 25.7 Å². The van der Waals surface area contributed by atoms with Crippen LogP contribution in [0, 0.1) is 6.92 Å². The SMILES string of the molecule is Cc1nc(-c2cnn(C)c2)sc1C(=O)Nc1nc(C2CCNCC2)nn1C.Cl. The zero-order valence-electron chi connectivity index (χ0n) is 16.0. The van der Waals surface area contributed by atoms with Gasteiger partial charge >= 0.3 is 0 Å². The van der Waals surface area contributed by atoms with Crippen molar-refractivity contribution in [2.75, 3.05) is 18.4 Å². The smallest absolute Gasteiger partial charge is 0.270 e. The van der Waals surface area contributed by atoms with Crippen LogP contribution in [0.2, 0.25) is 0 Å². The molecular formula is C17H23ClN8OS. The van der Waals surface area contributed by atoms with E-state index < -0.39 is 0 Å². The first-order valence-electron chi connectivity index (χ1n) is 8.90. The number of carbonyl (C=O) groups is 1. The van der Waals surface area contributed by atoms with Crippen molar-refractivity contribution >= 4 is 35.6 Å². The Morgan fingerprint density at radius 3 is 2.71 bits per heavy atom. The molecule has 0 spiro atoms. The Morgan fingerprint density at radius 2 is 2.04 bits per heavy atom. The average molecular weight is 423 g/mol. The van der Waals surface area contributed by atoms with Crippen molar-refractivity contribution in [1.29, 1.82) is 0 Å². The van der Waals surface area contributed by atoms with Gasteiger partial charge in [-0.05, 0) is 32.9 Å². The highest BCUT2D eigenvalue weighted by molar-refractivity contribution is 7.17. The van der Waals surface area contributed by atoms with Crippen molar-refractivity contribution < 1.29 is 4.79 Å². The quantitative estimate of drug-likeness (QED) is 0.667. The van der Waals surface area contributed by atoms with Crippen molar-refractivity contribution in [3.05, 3.63) is 28.8 Å². The molecule has 4 heterocycles. The number of aryl methyl sites for hydroxylation is 3. The topological polar surface area (TPSA) is 103 Å². The van der Waals surface area contributed by atoms with Crippen LogP contribution in [0.4, 0.5) is 5.95 Å². The molecule has 28 heavy (non-hydrogen) atoms. The van der Waals surface area contributed by atoms with Gasteiger partial charge in [0.15, 0.2) is 5.82 Å². The lowest BCUT2D eigenvalue weighted by molar-refractivity contribution is 0.102. The molecule has 1 saturated heterocycles. The van der Waals surface area contributed by atoms with Crippen LogP contribution < -0.4 is 10.6 Å². The highest BCUT2D eigenvalue weighted by Gasteiger charge is 2.23. The molecule has 1 aliphatic rings. The summed E-state index contributed by atoms with van der Waals surface area (Å²) < 4.78 is 3.35. The van der Waals surface area contributed by atoms with Gasteiger partial charge in [0.1, 0.15) is 9.88 Å². The molecule has 2 N–H and O–H groups in total. The van der Waals surface area contributed by atoms with E-state index in [1.165, 1.54) is 11.3 Å². The third-order valence-electron chi connectivity index (χ3n) is 4.66. The Labute approximate surface area is 173 Å². The standard InChI is InChI=1S/C17H22N8OS.ClH/c1-10-13(27-16(20-10)12-8-19-24(2)9-12)15(26)22-17-21-14(23-25(17)3)11-4-6-18-7-5-11;/h8-9,11,18H,4-7H2,1-3H3,(H,21,22,23,26);1H. The number of nitrogens with one attached hydrogen (secondary N) is 2. The van der Waals surface area contributed by atoms with E-state index in [1.54, 1.807) is 22.6 Å².